The third kappa shape index (κ3) is 12.2. The van der Waals surface area contributed by atoms with Crippen LogP contribution in [0.3, 0.4) is 0 Å². The maximum Gasteiger partial charge on any atom is 0.347 e. The second kappa shape index (κ2) is 21.3. The maximum absolute atomic E-state index is 13.2. The quantitative estimate of drug-likeness (QED) is 0.0458. The van der Waals surface area contributed by atoms with Crippen LogP contribution in [0.4, 0.5) is 0 Å². The Hall–Kier alpha value is -7.20. The molecular formula is C54H54O10. The summed E-state index contributed by atoms with van der Waals surface area (Å²) >= 11 is 0. The third-order valence-electron chi connectivity index (χ3n) is 11.4. The van der Waals surface area contributed by atoms with Gasteiger partial charge in [0.15, 0.2) is 0 Å². The SMILES string of the molecule is CC(C)(c1ccc(O)cc1)c1ccc(OC(=O)c2ccccc2OC(=O)CCCCCCCCC(=O)Oc2ccccc2C(=O)Oc2ccc(C(C)(C)c3ccc(O)cc3)cc2)cc1. The maximum atomic E-state index is 13.2. The topological polar surface area (TPSA) is 146 Å². The fourth-order valence-electron chi connectivity index (χ4n) is 7.33. The molecule has 10 heteroatoms. The van der Waals surface area contributed by atoms with Gasteiger partial charge in [-0.3, -0.25) is 9.59 Å². The lowest BCUT2D eigenvalue weighted by atomic mass is 9.78. The lowest BCUT2D eigenvalue weighted by Gasteiger charge is -2.26. The summed E-state index contributed by atoms with van der Waals surface area (Å²) in [6.07, 6.45) is 4.87. The highest BCUT2D eigenvalue weighted by atomic mass is 16.6. The predicted molar refractivity (Wildman–Crippen MR) is 244 cm³/mol. The Morgan fingerprint density at radius 1 is 0.391 bits per heavy atom. The smallest absolute Gasteiger partial charge is 0.347 e. The highest BCUT2D eigenvalue weighted by Crippen LogP contribution is 2.35. The average Bonchev–Trinajstić information content (AvgIpc) is 3.28. The van der Waals surface area contributed by atoms with Gasteiger partial charge in [-0.2, -0.15) is 0 Å². The molecule has 0 aliphatic rings. The van der Waals surface area contributed by atoms with Gasteiger partial charge >= 0.3 is 23.9 Å². The molecule has 0 saturated carbocycles. The van der Waals surface area contributed by atoms with E-state index in [1.165, 1.54) is 0 Å². The van der Waals surface area contributed by atoms with Gasteiger partial charge in [0.25, 0.3) is 0 Å². The van der Waals surface area contributed by atoms with E-state index in [9.17, 15) is 29.4 Å². The van der Waals surface area contributed by atoms with Gasteiger partial charge in [0.2, 0.25) is 0 Å². The number of unbranched alkanes of at least 4 members (excludes halogenated alkanes) is 5. The Labute approximate surface area is 374 Å². The standard InChI is InChI=1S/C54H54O10/c1-53(2,37-21-29-41(55)30-22-37)39-25-33-43(34-26-39)61-51(59)45-15-11-13-17-47(45)63-49(57)19-9-7-5-6-8-10-20-50(58)64-48-18-14-12-16-46(48)52(60)62-44-35-27-40(28-36-44)54(3,4)38-23-31-42(56)32-24-38/h11-18,21-36,55-56H,5-10,19-20H2,1-4H3. The number of ether oxygens (including phenoxy) is 4. The molecular weight excluding hydrogens is 809 g/mol. The van der Waals surface area contributed by atoms with Gasteiger partial charge in [-0.05, 0) is 108 Å². The van der Waals surface area contributed by atoms with Gasteiger partial charge in [-0.15, -0.1) is 0 Å². The molecule has 0 heterocycles. The zero-order valence-corrected chi connectivity index (χ0v) is 36.7. The van der Waals surface area contributed by atoms with E-state index >= 15 is 0 Å². The first kappa shape index (κ1) is 46.3. The molecule has 330 valence electrons. The number of para-hydroxylation sites is 2. The van der Waals surface area contributed by atoms with Crippen molar-refractivity contribution in [1.82, 2.24) is 0 Å². The van der Waals surface area contributed by atoms with Crippen LogP contribution in [0.15, 0.2) is 146 Å². The highest BCUT2D eigenvalue weighted by Gasteiger charge is 2.25. The Morgan fingerprint density at radius 3 is 1.03 bits per heavy atom. The number of benzene rings is 6. The van der Waals surface area contributed by atoms with Crippen LogP contribution >= 0.6 is 0 Å². The fraction of sp³-hybridized carbons (Fsp3) is 0.259. The van der Waals surface area contributed by atoms with Crippen LogP contribution in [-0.2, 0) is 20.4 Å². The molecule has 6 aromatic carbocycles. The van der Waals surface area contributed by atoms with Crippen LogP contribution in [0.25, 0.3) is 0 Å². The van der Waals surface area contributed by atoms with Crippen molar-refractivity contribution in [3.63, 3.8) is 0 Å². The van der Waals surface area contributed by atoms with E-state index in [1.807, 2.05) is 48.5 Å². The minimum Gasteiger partial charge on any atom is -0.508 e. The van der Waals surface area contributed by atoms with Crippen molar-refractivity contribution in [2.75, 3.05) is 0 Å². The summed E-state index contributed by atoms with van der Waals surface area (Å²) in [7, 11) is 0. The Kier molecular flexibility index (Phi) is 15.4. The van der Waals surface area contributed by atoms with Gasteiger partial charge in [0.05, 0.1) is 0 Å². The largest absolute Gasteiger partial charge is 0.508 e. The van der Waals surface area contributed by atoms with Crippen LogP contribution in [0.5, 0.6) is 34.5 Å². The zero-order valence-electron chi connectivity index (χ0n) is 36.7. The van der Waals surface area contributed by atoms with Crippen molar-refractivity contribution in [3.05, 3.63) is 179 Å². The van der Waals surface area contributed by atoms with Crippen LogP contribution in [0.2, 0.25) is 0 Å². The van der Waals surface area contributed by atoms with E-state index in [2.05, 4.69) is 27.7 Å². The number of phenols is 2. The second-order valence-electron chi connectivity index (χ2n) is 16.7. The van der Waals surface area contributed by atoms with Gasteiger partial charge in [0, 0.05) is 23.7 Å². The van der Waals surface area contributed by atoms with E-state index in [0.717, 1.165) is 47.9 Å². The van der Waals surface area contributed by atoms with Crippen molar-refractivity contribution in [2.45, 2.75) is 89.9 Å². The molecule has 0 saturated heterocycles. The number of carbonyl (C=O) groups excluding carboxylic acids is 4. The third-order valence-corrected chi connectivity index (χ3v) is 11.4. The average molecular weight is 863 g/mol. The van der Waals surface area contributed by atoms with Crippen LogP contribution < -0.4 is 18.9 Å². The number of phenolic OH excluding ortho intramolecular Hbond substituents is 2. The van der Waals surface area contributed by atoms with Crippen molar-refractivity contribution >= 4 is 23.9 Å². The molecule has 2 N–H and O–H groups in total. The first-order valence-corrected chi connectivity index (χ1v) is 21.5. The summed E-state index contributed by atoms with van der Waals surface area (Å²) in [6.45, 7) is 8.29. The first-order valence-electron chi connectivity index (χ1n) is 21.5. The lowest BCUT2D eigenvalue weighted by Crippen LogP contribution is -2.18. The zero-order chi connectivity index (χ0) is 45.7. The first-order chi connectivity index (χ1) is 30.7. The molecule has 0 spiro atoms. The monoisotopic (exact) mass is 862 g/mol. The lowest BCUT2D eigenvalue weighted by molar-refractivity contribution is -0.135. The summed E-state index contributed by atoms with van der Waals surface area (Å²) in [5.74, 6) is -0.816. The highest BCUT2D eigenvalue weighted by molar-refractivity contribution is 5.95. The number of aromatic hydroxyl groups is 2. The molecule has 6 aromatic rings. The van der Waals surface area contributed by atoms with Crippen LogP contribution in [-0.4, -0.2) is 34.1 Å². The second-order valence-corrected chi connectivity index (χ2v) is 16.7. The number of carbonyl (C=O) groups is 4. The van der Waals surface area contributed by atoms with Gasteiger partial charge in [0.1, 0.15) is 45.6 Å². The molecule has 0 unspecified atom stereocenters. The van der Waals surface area contributed by atoms with Gasteiger partial charge in [-0.1, -0.05) is 126 Å². The molecule has 0 atom stereocenters. The number of rotatable bonds is 19. The molecule has 0 aliphatic heterocycles. The fourth-order valence-corrected chi connectivity index (χ4v) is 7.33. The molecule has 10 nitrogen and oxygen atoms in total. The Bertz CT molecular complexity index is 2340. The summed E-state index contributed by atoms with van der Waals surface area (Å²) in [5, 5.41) is 19.3. The van der Waals surface area contributed by atoms with Gasteiger partial charge in [-0.25, -0.2) is 9.59 Å². The normalized spacial score (nSPS) is 11.4. The van der Waals surface area contributed by atoms with E-state index in [1.54, 1.807) is 97.1 Å². The number of esters is 4. The minimum absolute atomic E-state index is 0.131. The molecule has 0 radical (unpaired) electrons. The Morgan fingerprint density at radius 2 is 0.688 bits per heavy atom. The molecule has 0 aliphatic carbocycles. The van der Waals surface area contributed by atoms with E-state index in [0.29, 0.717) is 24.3 Å². The predicted octanol–water partition coefficient (Wildman–Crippen LogP) is 11.8. The summed E-state index contributed by atoms with van der Waals surface area (Å²) < 4.78 is 22.5. The summed E-state index contributed by atoms with van der Waals surface area (Å²) in [4.78, 5) is 51.8. The van der Waals surface area contributed by atoms with Crippen molar-refractivity contribution in [2.24, 2.45) is 0 Å². The summed E-state index contributed by atoms with van der Waals surface area (Å²) in [5.41, 5.74) is 3.63. The van der Waals surface area contributed by atoms with E-state index < -0.39 is 23.9 Å². The summed E-state index contributed by atoms with van der Waals surface area (Å²) in [6, 6.07) is 41.6. The van der Waals surface area contributed by atoms with Gasteiger partial charge < -0.3 is 29.2 Å². The molecule has 6 rings (SSSR count). The van der Waals surface area contributed by atoms with Crippen molar-refractivity contribution in [1.29, 1.82) is 0 Å². The van der Waals surface area contributed by atoms with Crippen molar-refractivity contribution < 1.29 is 48.3 Å². The van der Waals surface area contributed by atoms with E-state index in [-0.39, 0.29) is 57.8 Å². The molecule has 0 bridgehead atoms. The van der Waals surface area contributed by atoms with E-state index in [4.69, 9.17) is 18.9 Å². The molecule has 0 aromatic heterocycles. The Balaban J connectivity index is 0.878. The molecule has 0 fully saturated rings. The minimum atomic E-state index is -0.643. The molecule has 0 amide bonds. The molecule has 64 heavy (non-hydrogen) atoms. The van der Waals surface area contributed by atoms with Crippen LogP contribution in [0.1, 0.15) is 122 Å². The number of hydrogen-bond donors (Lipinski definition) is 2. The van der Waals surface area contributed by atoms with Crippen molar-refractivity contribution in [3.8, 4) is 34.5 Å². The number of hydrogen-bond acceptors (Lipinski definition) is 10. The van der Waals surface area contributed by atoms with Crippen LogP contribution in [0, 0.1) is 0 Å².